The Labute approximate surface area is 197 Å². The smallest absolute Gasteiger partial charge is 0.245 e. The third-order valence-electron chi connectivity index (χ3n) is 4.64. The van der Waals surface area contributed by atoms with Crippen molar-refractivity contribution in [3.8, 4) is 5.75 Å². The van der Waals surface area contributed by atoms with E-state index >= 15 is 0 Å². The van der Waals surface area contributed by atoms with Gasteiger partial charge in [0, 0.05) is 15.7 Å². The standard InChI is InChI=1S/C23H22Cl2N2O4S/c1-15-8-9-21(31-2)22(10-15)32(29,30)27-20(11-16-6-4-3-5-7-16)23(28)26-19-13-17(24)12-18(25)14-19/h3-10,12-14,20,27H,11H2,1-2H3,(H,26,28). The summed E-state index contributed by atoms with van der Waals surface area (Å²) >= 11 is 12.0. The number of rotatable bonds is 8. The van der Waals surface area contributed by atoms with Crippen LogP contribution >= 0.6 is 23.2 Å². The third kappa shape index (κ3) is 6.23. The van der Waals surface area contributed by atoms with Crippen LogP contribution < -0.4 is 14.8 Å². The number of aryl methyl sites for hydroxylation is 1. The molecule has 6 nitrogen and oxygen atoms in total. The molecule has 1 atom stereocenters. The molecule has 0 spiro atoms. The summed E-state index contributed by atoms with van der Waals surface area (Å²) in [5, 5.41) is 3.38. The molecule has 9 heteroatoms. The number of hydrogen-bond donors (Lipinski definition) is 2. The number of halogens is 2. The van der Waals surface area contributed by atoms with Crippen molar-refractivity contribution in [3.63, 3.8) is 0 Å². The molecule has 0 radical (unpaired) electrons. The zero-order valence-electron chi connectivity index (χ0n) is 17.4. The fourth-order valence-electron chi connectivity index (χ4n) is 3.14. The topological polar surface area (TPSA) is 84.5 Å². The number of methoxy groups -OCH3 is 1. The van der Waals surface area contributed by atoms with Crippen molar-refractivity contribution in [2.45, 2.75) is 24.3 Å². The van der Waals surface area contributed by atoms with Gasteiger partial charge in [0.1, 0.15) is 16.7 Å². The van der Waals surface area contributed by atoms with Gasteiger partial charge < -0.3 is 10.1 Å². The van der Waals surface area contributed by atoms with Gasteiger partial charge in [-0.05, 0) is 54.8 Å². The first-order chi connectivity index (χ1) is 15.2. The molecule has 32 heavy (non-hydrogen) atoms. The minimum atomic E-state index is -4.09. The molecule has 3 rings (SSSR count). The molecule has 0 saturated heterocycles. The Morgan fingerprint density at radius 1 is 1.00 bits per heavy atom. The predicted molar refractivity (Wildman–Crippen MR) is 127 cm³/mol. The molecular formula is C23H22Cl2N2O4S. The van der Waals surface area contributed by atoms with Crippen molar-refractivity contribution in [1.82, 2.24) is 4.72 Å². The minimum absolute atomic E-state index is 0.0448. The van der Waals surface area contributed by atoms with Crippen LogP contribution in [0.15, 0.2) is 71.6 Å². The van der Waals surface area contributed by atoms with Gasteiger partial charge >= 0.3 is 0 Å². The SMILES string of the molecule is COc1ccc(C)cc1S(=O)(=O)NC(Cc1ccccc1)C(=O)Nc1cc(Cl)cc(Cl)c1. The average molecular weight is 493 g/mol. The number of amides is 1. The second kappa shape index (κ2) is 10.4. The summed E-state index contributed by atoms with van der Waals surface area (Å²) in [6.07, 6.45) is 0.133. The first-order valence-electron chi connectivity index (χ1n) is 9.66. The molecule has 2 N–H and O–H groups in total. The van der Waals surface area contributed by atoms with E-state index in [-0.39, 0.29) is 17.1 Å². The van der Waals surface area contributed by atoms with Crippen LogP contribution in [0.5, 0.6) is 5.75 Å². The molecule has 0 fully saturated rings. The molecule has 3 aromatic carbocycles. The normalized spacial score (nSPS) is 12.2. The summed E-state index contributed by atoms with van der Waals surface area (Å²) < 4.78 is 34.2. The number of hydrogen-bond acceptors (Lipinski definition) is 4. The van der Waals surface area contributed by atoms with E-state index in [1.807, 2.05) is 30.3 Å². The molecule has 0 bridgehead atoms. The maximum Gasteiger partial charge on any atom is 0.245 e. The van der Waals surface area contributed by atoms with Gasteiger partial charge in [0.2, 0.25) is 15.9 Å². The quantitative estimate of drug-likeness (QED) is 0.471. The highest BCUT2D eigenvalue weighted by molar-refractivity contribution is 7.89. The van der Waals surface area contributed by atoms with Crippen molar-refractivity contribution in [2.75, 3.05) is 12.4 Å². The molecule has 1 amide bonds. The maximum atomic E-state index is 13.2. The van der Waals surface area contributed by atoms with Crippen LogP contribution in [0, 0.1) is 6.92 Å². The molecule has 0 heterocycles. The van der Waals surface area contributed by atoms with Crippen molar-refractivity contribution >= 4 is 44.8 Å². The largest absolute Gasteiger partial charge is 0.495 e. The van der Waals surface area contributed by atoms with E-state index < -0.39 is 22.0 Å². The zero-order chi connectivity index (χ0) is 23.3. The van der Waals surface area contributed by atoms with Crippen molar-refractivity contribution in [2.24, 2.45) is 0 Å². The molecule has 0 aromatic heterocycles. The summed E-state index contributed by atoms with van der Waals surface area (Å²) in [7, 11) is -2.70. The predicted octanol–water partition coefficient (Wildman–Crippen LogP) is 4.84. The van der Waals surface area contributed by atoms with Crippen LogP contribution in [0.25, 0.3) is 0 Å². The molecule has 3 aromatic rings. The lowest BCUT2D eigenvalue weighted by Crippen LogP contribution is -2.45. The molecule has 0 aliphatic rings. The van der Waals surface area contributed by atoms with Gasteiger partial charge in [0.15, 0.2) is 0 Å². The summed E-state index contributed by atoms with van der Waals surface area (Å²) in [6, 6.07) is 17.4. The molecule has 0 saturated carbocycles. The van der Waals surface area contributed by atoms with Crippen molar-refractivity contribution in [1.29, 1.82) is 0 Å². The van der Waals surface area contributed by atoms with Crippen molar-refractivity contribution < 1.29 is 17.9 Å². The van der Waals surface area contributed by atoms with Crippen molar-refractivity contribution in [3.05, 3.63) is 87.9 Å². The number of carbonyl (C=O) groups is 1. The van der Waals surface area contributed by atoms with Gasteiger partial charge in [-0.1, -0.05) is 59.6 Å². The highest BCUT2D eigenvalue weighted by Gasteiger charge is 2.28. The van der Waals surface area contributed by atoms with Crippen LogP contribution in [0.4, 0.5) is 5.69 Å². The van der Waals surface area contributed by atoms with Crippen LogP contribution in [-0.4, -0.2) is 27.5 Å². The maximum absolute atomic E-state index is 13.2. The first kappa shape index (κ1) is 24.1. The van der Waals surface area contributed by atoms with E-state index in [1.54, 1.807) is 19.1 Å². The summed E-state index contributed by atoms with van der Waals surface area (Å²) in [4.78, 5) is 13.1. The second-order valence-corrected chi connectivity index (χ2v) is 9.72. The van der Waals surface area contributed by atoms with Crippen LogP contribution in [0.1, 0.15) is 11.1 Å². The zero-order valence-corrected chi connectivity index (χ0v) is 19.8. The average Bonchev–Trinajstić information content (AvgIpc) is 2.73. The Balaban J connectivity index is 1.93. The Bertz CT molecular complexity index is 1200. The Hall–Kier alpha value is -2.58. The minimum Gasteiger partial charge on any atom is -0.495 e. The molecule has 0 aliphatic carbocycles. The van der Waals surface area contributed by atoms with Gasteiger partial charge in [0.05, 0.1) is 7.11 Å². The molecule has 0 aliphatic heterocycles. The molecule has 1 unspecified atom stereocenters. The third-order valence-corrected chi connectivity index (χ3v) is 6.56. The number of nitrogens with one attached hydrogen (secondary N) is 2. The second-order valence-electron chi connectivity index (χ2n) is 7.17. The van der Waals surface area contributed by atoms with E-state index in [2.05, 4.69) is 10.0 Å². The molecular weight excluding hydrogens is 471 g/mol. The van der Waals surface area contributed by atoms with E-state index in [1.165, 1.54) is 31.4 Å². The lowest BCUT2D eigenvalue weighted by Gasteiger charge is -2.20. The van der Waals surface area contributed by atoms with Crippen LogP contribution in [0.3, 0.4) is 0 Å². The van der Waals surface area contributed by atoms with E-state index in [9.17, 15) is 13.2 Å². The number of sulfonamides is 1. The highest BCUT2D eigenvalue weighted by atomic mass is 35.5. The Morgan fingerprint density at radius 3 is 2.28 bits per heavy atom. The van der Waals surface area contributed by atoms with Crippen LogP contribution in [-0.2, 0) is 21.2 Å². The number of ether oxygens (including phenoxy) is 1. The van der Waals surface area contributed by atoms with E-state index in [0.717, 1.165) is 11.1 Å². The Morgan fingerprint density at radius 2 is 1.66 bits per heavy atom. The fraction of sp³-hybridized carbons (Fsp3) is 0.174. The number of benzene rings is 3. The van der Waals surface area contributed by atoms with Gasteiger partial charge in [-0.2, -0.15) is 4.72 Å². The summed E-state index contributed by atoms with van der Waals surface area (Å²) in [5.74, 6) is -0.369. The monoisotopic (exact) mass is 492 g/mol. The van der Waals surface area contributed by atoms with Gasteiger partial charge in [-0.15, -0.1) is 0 Å². The summed E-state index contributed by atoms with van der Waals surface area (Å²) in [5.41, 5.74) is 1.89. The first-order valence-corrected chi connectivity index (χ1v) is 11.9. The van der Waals surface area contributed by atoms with Gasteiger partial charge in [-0.3, -0.25) is 4.79 Å². The summed E-state index contributed by atoms with van der Waals surface area (Å²) in [6.45, 7) is 1.77. The molecule has 168 valence electrons. The van der Waals surface area contributed by atoms with E-state index in [4.69, 9.17) is 27.9 Å². The van der Waals surface area contributed by atoms with E-state index in [0.29, 0.717) is 15.7 Å². The Kier molecular flexibility index (Phi) is 7.79. The fourth-order valence-corrected chi connectivity index (χ4v) is 5.11. The van der Waals surface area contributed by atoms with Gasteiger partial charge in [-0.25, -0.2) is 8.42 Å². The van der Waals surface area contributed by atoms with Gasteiger partial charge in [0.25, 0.3) is 0 Å². The number of carbonyl (C=O) groups excluding carboxylic acids is 1. The lowest BCUT2D eigenvalue weighted by molar-refractivity contribution is -0.117. The number of anilines is 1. The highest BCUT2D eigenvalue weighted by Crippen LogP contribution is 2.26. The lowest BCUT2D eigenvalue weighted by atomic mass is 10.1. The van der Waals surface area contributed by atoms with Crippen LogP contribution in [0.2, 0.25) is 10.0 Å².